The van der Waals surface area contributed by atoms with Crippen LogP contribution < -0.4 is 10.1 Å². The van der Waals surface area contributed by atoms with E-state index in [1.54, 1.807) is 18.3 Å². The Morgan fingerprint density at radius 3 is 2.81 bits per heavy atom. The van der Waals surface area contributed by atoms with Gasteiger partial charge in [-0.3, -0.25) is 4.79 Å². The van der Waals surface area contributed by atoms with Gasteiger partial charge in [-0.1, -0.05) is 34.1 Å². The summed E-state index contributed by atoms with van der Waals surface area (Å²) in [6.45, 7) is 4.27. The summed E-state index contributed by atoms with van der Waals surface area (Å²) < 4.78 is 6.35. The average Bonchev–Trinajstić information content (AvgIpc) is 2.48. The summed E-state index contributed by atoms with van der Waals surface area (Å²) in [5.74, 6) is 0.159. The second-order valence-corrected chi connectivity index (χ2v) is 5.36. The van der Waals surface area contributed by atoms with E-state index in [0.29, 0.717) is 18.1 Å². The molecule has 1 heterocycles. The number of carbonyl (C=O) groups is 1. The number of nitrogens with zero attached hydrogens (tertiary/aromatic N) is 1. The van der Waals surface area contributed by atoms with Crippen molar-refractivity contribution in [1.29, 1.82) is 0 Å². The van der Waals surface area contributed by atoms with Crippen LogP contribution in [-0.4, -0.2) is 17.5 Å². The van der Waals surface area contributed by atoms with Crippen molar-refractivity contribution in [3.63, 3.8) is 0 Å². The highest BCUT2D eigenvalue weighted by Crippen LogP contribution is 2.23. The Kier molecular flexibility index (Phi) is 5.33. The Hall–Kier alpha value is -1.88. The number of rotatable bonds is 5. The molecule has 0 saturated carbocycles. The Balaban J connectivity index is 2.17. The molecule has 0 spiro atoms. The van der Waals surface area contributed by atoms with Crippen LogP contribution in [0, 0.1) is 0 Å². The number of carbonyl (C=O) groups excluding carboxylic acids is 1. The van der Waals surface area contributed by atoms with E-state index in [1.165, 1.54) is 0 Å². The van der Waals surface area contributed by atoms with Crippen LogP contribution >= 0.6 is 15.9 Å². The standard InChI is InChI=1S/C16H17BrN2O2/c1-3-21-16-13(8-6-10-18-16)15(20)19-11(2)12-7-4-5-9-14(12)17/h4-11H,3H2,1-2H3,(H,19,20). The van der Waals surface area contributed by atoms with E-state index >= 15 is 0 Å². The molecule has 0 aliphatic carbocycles. The van der Waals surface area contributed by atoms with Crippen molar-refractivity contribution < 1.29 is 9.53 Å². The Labute approximate surface area is 132 Å². The molecular weight excluding hydrogens is 332 g/mol. The Morgan fingerprint density at radius 2 is 2.10 bits per heavy atom. The number of hydrogen-bond acceptors (Lipinski definition) is 3. The van der Waals surface area contributed by atoms with E-state index in [2.05, 4.69) is 26.2 Å². The minimum Gasteiger partial charge on any atom is -0.477 e. The van der Waals surface area contributed by atoms with Gasteiger partial charge in [-0.15, -0.1) is 0 Å². The van der Waals surface area contributed by atoms with Crippen molar-refractivity contribution in [2.45, 2.75) is 19.9 Å². The molecule has 1 amide bonds. The van der Waals surface area contributed by atoms with Gasteiger partial charge in [-0.05, 0) is 37.6 Å². The average molecular weight is 349 g/mol. The van der Waals surface area contributed by atoms with Gasteiger partial charge in [-0.25, -0.2) is 4.98 Å². The molecule has 110 valence electrons. The van der Waals surface area contributed by atoms with Gasteiger partial charge in [0, 0.05) is 10.7 Å². The van der Waals surface area contributed by atoms with Crippen molar-refractivity contribution in [2.75, 3.05) is 6.61 Å². The number of ether oxygens (including phenoxy) is 1. The van der Waals surface area contributed by atoms with Gasteiger partial charge < -0.3 is 10.1 Å². The normalized spacial score (nSPS) is 11.8. The summed E-state index contributed by atoms with van der Waals surface area (Å²) in [4.78, 5) is 16.5. The van der Waals surface area contributed by atoms with Gasteiger partial charge in [-0.2, -0.15) is 0 Å². The lowest BCUT2D eigenvalue weighted by molar-refractivity contribution is 0.0935. The van der Waals surface area contributed by atoms with E-state index in [4.69, 9.17) is 4.74 Å². The first-order valence-corrected chi connectivity index (χ1v) is 7.56. The van der Waals surface area contributed by atoms with Crippen molar-refractivity contribution in [2.24, 2.45) is 0 Å². The van der Waals surface area contributed by atoms with Crippen LogP contribution in [0.4, 0.5) is 0 Å². The smallest absolute Gasteiger partial charge is 0.257 e. The molecule has 2 aromatic rings. The van der Waals surface area contributed by atoms with Crippen molar-refractivity contribution in [1.82, 2.24) is 10.3 Å². The maximum atomic E-state index is 12.4. The molecule has 1 unspecified atom stereocenters. The molecule has 5 heteroatoms. The fraction of sp³-hybridized carbons (Fsp3) is 0.250. The van der Waals surface area contributed by atoms with E-state index in [9.17, 15) is 4.79 Å². The lowest BCUT2D eigenvalue weighted by Gasteiger charge is -2.16. The second kappa shape index (κ2) is 7.22. The molecule has 2 rings (SSSR count). The fourth-order valence-electron chi connectivity index (χ4n) is 1.99. The Morgan fingerprint density at radius 1 is 1.33 bits per heavy atom. The van der Waals surface area contributed by atoms with Crippen LogP contribution in [0.1, 0.15) is 35.8 Å². The highest BCUT2D eigenvalue weighted by molar-refractivity contribution is 9.10. The first kappa shape index (κ1) is 15.5. The number of halogens is 1. The van der Waals surface area contributed by atoms with Crippen LogP contribution in [0.3, 0.4) is 0 Å². The van der Waals surface area contributed by atoms with Crippen LogP contribution in [0.2, 0.25) is 0 Å². The first-order chi connectivity index (χ1) is 10.1. The van der Waals surface area contributed by atoms with Crippen LogP contribution in [0.25, 0.3) is 0 Å². The van der Waals surface area contributed by atoms with Crippen molar-refractivity contribution >= 4 is 21.8 Å². The largest absolute Gasteiger partial charge is 0.477 e. The molecule has 0 aliphatic heterocycles. The molecule has 0 bridgehead atoms. The van der Waals surface area contributed by atoms with Gasteiger partial charge in [0.15, 0.2) is 0 Å². The highest BCUT2D eigenvalue weighted by Gasteiger charge is 2.17. The Bertz CT molecular complexity index is 631. The highest BCUT2D eigenvalue weighted by atomic mass is 79.9. The maximum Gasteiger partial charge on any atom is 0.257 e. The second-order valence-electron chi connectivity index (χ2n) is 4.51. The maximum absolute atomic E-state index is 12.4. The van der Waals surface area contributed by atoms with Crippen LogP contribution in [0.5, 0.6) is 5.88 Å². The monoisotopic (exact) mass is 348 g/mol. The topological polar surface area (TPSA) is 51.2 Å². The SMILES string of the molecule is CCOc1ncccc1C(=O)NC(C)c1ccccc1Br. The van der Waals surface area contributed by atoms with E-state index in [0.717, 1.165) is 10.0 Å². The summed E-state index contributed by atoms with van der Waals surface area (Å²) in [6, 6.07) is 11.1. The van der Waals surface area contributed by atoms with Crippen LogP contribution in [0.15, 0.2) is 47.1 Å². The zero-order valence-corrected chi connectivity index (χ0v) is 13.6. The summed E-state index contributed by atoms with van der Waals surface area (Å²) in [7, 11) is 0. The fourth-order valence-corrected chi connectivity index (χ4v) is 2.62. The zero-order chi connectivity index (χ0) is 15.2. The molecule has 1 N–H and O–H groups in total. The van der Waals surface area contributed by atoms with E-state index in [1.807, 2.05) is 38.1 Å². The van der Waals surface area contributed by atoms with E-state index in [-0.39, 0.29) is 11.9 Å². The molecular formula is C16H17BrN2O2. The lowest BCUT2D eigenvalue weighted by atomic mass is 10.1. The molecule has 0 radical (unpaired) electrons. The summed E-state index contributed by atoms with van der Waals surface area (Å²) in [5, 5.41) is 2.96. The third kappa shape index (κ3) is 3.82. The molecule has 0 saturated heterocycles. The summed E-state index contributed by atoms with van der Waals surface area (Å²) >= 11 is 3.49. The lowest BCUT2D eigenvalue weighted by Crippen LogP contribution is -2.27. The van der Waals surface area contributed by atoms with Crippen molar-refractivity contribution in [3.8, 4) is 5.88 Å². The predicted octanol–water partition coefficient (Wildman–Crippen LogP) is 3.73. The van der Waals surface area contributed by atoms with E-state index < -0.39 is 0 Å². The van der Waals surface area contributed by atoms with Crippen LogP contribution in [-0.2, 0) is 0 Å². The molecule has 1 aromatic heterocycles. The third-order valence-corrected chi connectivity index (χ3v) is 3.74. The number of pyridine rings is 1. The number of amides is 1. The quantitative estimate of drug-likeness (QED) is 0.895. The first-order valence-electron chi connectivity index (χ1n) is 6.76. The molecule has 21 heavy (non-hydrogen) atoms. The van der Waals surface area contributed by atoms with Gasteiger partial charge in [0.05, 0.1) is 12.6 Å². The molecule has 0 fully saturated rings. The zero-order valence-electron chi connectivity index (χ0n) is 12.0. The molecule has 0 aliphatic rings. The number of nitrogens with one attached hydrogen (secondary N) is 1. The molecule has 4 nitrogen and oxygen atoms in total. The minimum atomic E-state index is -0.199. The number of benzene rings is 1. The summed E-state index contributed by atoms with van der Waals surface area (Å²) in [5.41, 5.74) is 1.46. The minimum absolute atomic E-state index is 0.122. The molecule has 1 aromatic carbocycles. The van der Waals surface area contributed by atoms with Gasteiger partial charge in [0.2, 0.25) is 5.88 Å². The number of aromatic nitrogens is 1. The predicted molar refractivity (Wildman–Crippen MR) is 85.4 cm³/mol. The summed E-state index contributed by atoms with van der Waals surface area (Å²) in [6.07, 6.45) is 1.61. The van der Waals surface area contributed by atoms with Crippen molar-refractivity contribution in [3.05, 3.63) is 58.2 Å². The van der Waals surface area contributed by atoms with Gasteiger partial charge in [0.1, 0.15) is 5.56 Å². The van der Waals surface area contributed by atoms with Gasteiger partial charge >= 0.3 is 0 Å². The van der Waals surface area contributed by atoms with Gasteiger partial charge in [0.25, 0.3) is 5.91 Å². The third-order valence-electron chi connectivity index (χ3n) is 3.02. The molecule has 1 atom stereocenters. The number of hydrogen-bond donors (Lipinski definition) is 1.